The van der Waals surface area contributed by atoms with Crippen LogP contribution in [0.3, 0.4) is 0 Å². The average molecular weight is 812 g/mol. The monoisotopic (exact) mass is 812 g/mol. The molecule has 8 aromatic carbocycles. The van der Waals surface area contributed by atoms with E-state index in [-0.39, 0.29) is 0 Å². The smallest absolute Gasteiger partial charge is 0.0423 e. The zero-order valence-electron chi connectivity index (χ0n) is 36.5. The van der Waals surface area contributed by atoms with Crippen LogP contribution in [0.2, 0.25) is 0 Å². The molecule has 0 spiro atoms. The Bertz CT molecular complexity index is 2430. The fourth-order valence-corrected chi connectivity index (χ4v) is 7.67. The molecule has 0 amide bonds. The van der Waals surface area contributed by atoms with Gasteiger partial charge in [0.1, 0.15) is 0 Å². The molecule has 1 aliphatic carbocycles. The normalized spacial score (nSPS) is 14.3. The van der Waals surface area contributed by atoms with Crippen molar-refractivity contribution in [3.63, 3.8) is 0 Å². The third kappa shape index (κ3) is 12.1. The summed E-state index contributed by atoms with van der Waals surface area (Å²) in [4.78, 5) is 0. The summed E-state index contributed by atoms with van der Waals surface area (Å²) in [6.45, 7) is 10.6. The first-order valence-electron chi connectivity index (χ1n) is 21.5. The van der Waals surface area contributed by atoms with Crippen molar-refractivity contribution in [1.82, 2.24) is 0 Å². The maximum absolute atomic E-state index is 5.93. The molecule has 7 nitrogen and oxygen atoms in total. The van der Waals surface area contributed by atoms with Gasteiger partial charge in [-0.05, 0) is 104 Å². The van der Waals surface area contributed by atoms with Crippen molar-refractivity contribution in [3.8, 4) is 11.1 Å². The van der Waals surface area contributed by atoms with Crippen LogP contribution in [-0.4, -0.2) is 6.04 Å². The lowest BCUT2D eigenvalue weighted by molar-refractivity contribution is 0.348. The highest BCUT2D eigenvalue weighted by atomic mass is 14.9. The maximum Gasteiger partial charge on any atom is 0.0423 e. The summed E-state index contributed by atoms with van der Waals surface area (Å²) in [5.74, 6) is 1.69. The van der Waals surface area contributed by atoms with Gasteiger partial charge < -0.3 is 39.7 Å². The van der Waals surface area contributed by atoms with Crippen molar-refractivity contribution in [2.45, 2.75) is 72.3 Å². The number of nitrogen functional groups attached to an aromatic ring is 6. The van der Waals surface area contributed by atoms with Crippen LogP contribution in [0.15, 0.2) is 158 Å². The molecule has 13 N–H and O–H groups in total. The second-order valence-electron chi connectivity index (χ2n) is 15.8. The summed E-state index contributed by atoms with van der Waals surface area (Å²) < 4.78 is 0. The summed E-state index contributed by atoms with van der Waals surface area (Å²) in [5, 5.41) is 9.82. The minimum absolute atomic E-state index is 0.428. The van der Waals surface area contributed by atoms with Crippen LogP contribution in [0.1, 0.15) is 71.8 Å². The van der Waals surface area contributed by atoms with Crippen LogP contribution in [0.4, 0.5) is 39.8 Å². The van der Waals surface area contributed by atoms with E-state index in [1.807, 2.05) is 123 Å². The van der Waals surface area contributed by atoms with Crippen LogP contribution < -0.4 is 39.7 Å². The predicted octanol–water partition coefficient (Wildman–Crippen LogP) is 13.5. The fraction of sp³-hybridized carbons (Fsp3) is 0.222. The molecule has 0 atom stereocenters. The Hall–Kier alpha value is -6.86. The third-order valence-electron chi connectivity index (χ3n) is 11.0. The maximum atomic E-state index is 5.93. The molecule has 8 aromatic rings. The van der Waals surface area contributed by atoms with Gasteiger partial charge in [-0.3, -0.25) is 0 Å². The second-order valence-corrected chi connectivity index (χ2v) is 15.8. The summed E-state index contributed by atoms with van der Waals surface area (Å²) in [5.41, 5.74) is 44.7. The van der Waals surface area contributed by atoms with Gasteiger partial charge in [-0.15, -0.1) is 0 Å². The molecule has 0 aromatic heterocycles. The van der Waals surface area contributed by atoms with Crippen molar-refractivity contribution >= 4 is 72.1 Å². The van der Waals surface area contributed by atoms with Crippen molar-refractivity contribution in [2.24, 2.45) is 5.92 Å². The number of fused-ring (bicyclic) bond motifs is 3. The van der Waals surface area contributed by atoms with E-state index >= 15 is 0 Å². The molecule has 1 fully saturated rings. The molecular formula is C54H65N7. The van der Waals surface area contributed by atoms with Crippen molar-refractivity contribution in [2.75, 3.05) is 39.7 Å². The minimum atomic E-state index is 0.428. The highest BCUT2D eigenvalue weighted by molar-refractivity contribution is 6.02. The SMILES string of the molecule is CC.CC(C)Nc1ccc(N)c2ccccc12.CC1CCC(c2ccc(-c3ccc(N)cc3)cc2)CC1.Nc1ccc(N)c2ccccc12.Nc1ccc(N)c2ccccc12. The number of hydrogen-bond acceptors (Lipinski definition) is 7. The van der Waals surface area contributed by atoms with Gasteiger partial charge >= 0.3 is 0 Å². The van der Waals surface area contributed by atoms with E-state index < -0.39 is 0 Å². The van der Waals surface area contributed by atoms with E-state index in [4.69, 9.17) is 34.4 Å². The van der Waals surface area contributed by atoms with Crippen LogP contribution >= 0.6 is 0 Å². The number of benzene rings is 8. The van der Waals surface area contributed by atoms with Crippen molar-refractivity contribution < 1.29 is 0 Å². The molecule has 1 aliphatic rings. The largest absolute Gasteiger partial charge is 0.399 e. The number of rotatable bonds is 4. The van der Waals surface area contributed by atoms with Gasteiger partial charge in [-0.1, -0.05) is 143 Å². The first-order chi connectivity index (χ1) is 29.5. The van der Waals surface area contributed by atoms with Gasteiger partial charge in [0.25, 0.3) is 0 Å². The number of nitrogens with one attached hydrogen (secondary N) is 1. The van der Waals surface area contributed by atoms with E-state index in [1.54, 1.807) is 0 Å². The Kier molecular flexibility index (Phi) is 16.3. The lowest BCUT2D eigenvalue weighted by atomic mass is 9.79. The van der Waals surface area contributed by atoms with E-state index in [9.17, 15) is 0 Å². The number of hydrogen-bond donors (Lipinski definition) is 7. The lowest BCUT2D eigenvalue weighted by Crippen LogP contribution is -2.10. The van der Waals surface area contributed by atoms with Crippen LogP contribution in [0.25, 0.3) is 43.4 Å². The first kappa shape index (κ1) is 45.2. The molecule has 9 rings (SSSR count). The average Bonchev–Trinajstić information content (AvgIpc) is 3.29. The van der Waals surface area contributed by atoms with Crippen molar-refractivity contribution in [3.05, 3.63) is 163 Å². The van der Waals surface area contributed by atoms with E-state index in [0.29, 0.717) is 6.04 Å². The molecule has 316 valence electrons. The van der Waals surface area contributed by atoms with Crippen LogP contribution in [0, 0.1) is 5.92 Å². The summed E-state index contributed by atoms with van der Waals surface area (Å²) in [6.07, 6.45) is 5.46. The Labute approximate surface area is 363 Å². The molecular weight excluding hydrogens is 747 g/mol. The standard InChI is InChI=1S/C19H23N.C13H16N2.2C10H10N2.C2H6/c1-14-2-4-15(5-3-14)16-6-8-17(9-7-16)18-10-12-19(20)13-11-18;1-9(2)15-13-8-7-12(14)10-5-3-4-6-11(10)13;2*11-9-5-6-10(12)8-4-2-1-3-7(8)9;1-2/h6-15H,2-5,20H2,1H3;3-9,15H,14H2,1-2H3;2*1-6H,11-12H2;1-2H3. The molecule has 0 saturated heterocycles. The quantitative estimate of drug-likeness (QED) is 0.0868. The molecule has 0 heterocycles. The number of nitrogens with two attached hydrogens (primary N) is 6. The van der Waals surface area contributed by atoms with E-state index in [2.05, 4.69) is 74.6 Å². The summed E-state index contributed by atoms with van der Waals surface area (Å²) in [6, 6.07) is 52.9. The van der Waals surface area contributed by atoms with E-state index in [0.717, 1.165) is 78.6 Å². The zero-order valence-corrected chi connectivity index (χ0v) is 36.5. The number of anilines is 7. The van der Waals surface area contributed by atoms with Gasteiger partial charge in [0.05, 0.1) is 0 Å². The molecule has 1 saturated carbocycles. The summed E-state index contributed by atoms with van der Waals surface area (Å²) >= 11 is 0. The predicted molar refractivity (Wildman–Crippen MR) is 271 cm³/mol. The molecule has 0 bridgehead atoms. The van der Waals surface area contributed by atoms with Crippen LogP contribution in [0.5, 0.6) is 0 Å². The van der Waals surface area contributed by atoms with Gasteiger partial charge in [0.2, 0.25) is 0 Å². The topological polar surface area (TPSA) is 168 Å². The Balaban J connectivity index is 0.000000155. The van der Waals surface area contributed by atoms with Gasteiger partial charge in [0, 0.05) is 78.2 Å². The zero-order chi connectivity index (χ0) is 43.9. The second kappa shape index (κ2) is 21.9. The highest BCUT2D eigenvalue weighted by Crippen LogP contribution is 2.36. The molecule has 0 unspecified atom stereocenters. The lowest BCUT2D eigenvalue weighted by Gasteiger charge is -2.26. The Morgan fingerprint density at radius 1 is 0.410 bits per heavy atom. The molecule has 61 heavy (non-hydrogen) atoms. The highest BCUT2D eigenvalue weighted by Gasteiger charge is 2.19. The van der Waals surface area contributed by atoms with Crippen molar-refractivity contribution in [1.29, 1.82) is 0 Å². The minimum Gasteiger partial charge on any atom is -0.399 e. The Morgan fingerprint density at radius 2 is 0.738 bits per heavy atom. The molecule has 7 heteroatoms. The summed E-state index contributed by atoms with van der Waals surface area (Å²) in [7, 11) is 0. The van der Waals surface area contributed by atoms with E-state index in [1.165, 1.54) is 47.8 Å². The molecule has 0 aliphatic heterocycles. The Morgan fingerprint density at radius 3 is 1.11 bits per heavy atom. The van der Waals surface area contributed by atoms with Gasteiger partial charge in [-0.2, -0.15) is 0 Å². The van der Waals surface area contributed by atoms with Gasteiger partial charge in [-0.25, -0.2) is 0 Å². The van der Waals surface area contributed by atoms with Crippen LogP contribution in [-0.2, 0) is 0 Å². The van der Waals surface area contributed by atoms with Gasteiger partial charge in [0.15, 0.2) is 0 Å². The third-order valence-corrected chi connectivity index (χ3v) is 11.0. The molecule has 0 radical (unpaired) electrons. The first-order valence-corrected chi connectivity index (χ1v) is 21.5. The fourth-order valence-electron chi connectivity index (χ4n) is 7.67.